The summed E-state index contributed by atoms with van der Waals surface area (Å²) in [6.45, 7) is 2.81. The maximum atomic E-state index is 11.7. The number of benzene rings is 1. The Bertz CT molecular complexity index is 564. The van der Waals surface area contributed by atoms with Crippen LogP contribution in [0.1, 0.15) is 11.5 Å². The molecule has 1 amide bonds. The average molecular weight is 274 g/mol. The monoisotopic (exact) mass is 274 g/mol. The summed E-state index contributed by atoms with van der Waals surface area (Å²) in [5.41, 5.74) is 1.57. The van der Waals surface area contributed by atoms with E-state index in [2.05, 4.69) is 10.3 Å². The number of carbonyl (C=O) groups is 1. The van der Waals surface area contributed by atoms with Gasteiger partial charge >= 0.3 is 0 Å². The fraction of sp³-hybridized carbons (Fsp3) is 0.333. The van der Waals surface area contributed by atoms with E-state index < -0.39 is 0 Å². The summed E-state index contributed by atoms with van der Waals surface area (Å²) in [6.07, 6.45) is 0.214. The molecule has 5 heteroatoms. The summed E-state index contributed by atoms with van der Waals surface area (Å²) in [5, 5.41) is 2.76. The Morgan fingerprint density at radius 3 is 2.80 bits per heavy atom. The third-order valence-electron chi connectivity index (χ3n) is 2.87. The van der Waals surface area contributed by atoms with Crippen molar-refractivity contribution in [2.75, 3.05) is 20.3 Å². The molecule has 0 aliphatic carbocycles. The number of aryl methyl sites for hydroxylation is 1. The van der Waals surface area contributed by atoms with Crippen LogP contribution in [0.2, 0.25) is 0 Å². The van der Waals surface area contributed by atoms with E-state index in [0.29, 0.717) is 30.5 Å². The second kappa shape index (κ2) is 6.86. The molecule has 2 rings (SSSR count). The topological polar surface area (TPSA) is 64.4 Å². The number of hydrogen-bond acceptors (Lipinski definition) is 4. The zero-order chi connectivity index (χ0) is 14.4. The summed E-state index contributed by atoms with van der Waals surface area (Å²) in [6, 6.07) is 9.63. The first kappa shape index (κ1) is 14.3. The number of ether oxygens (including phenoxy) is 1. The maximum absolute atomic E-state index is 11.7. The average Bonchev–Trinajstić information content (AvgIpc) is 2.81. The standard InChI is InChI=1S/C15H18N2O3/c1-11-13(10-14(18)16-8-9-19-2)17-15(20-11)12-6-4-3-5-7-12/h3-7H,8-10H2,1-2H3,(H,16,18). The van der Waals surface area contributed by atoms with Crippen LogP contribution in [0.4, 0.5) is 0 Å². The first-order valence-corrected chi connectivity index (χ1v) is 6.48. The fourth-order valence-electron chi connectivity index (χ4n) is 1.80. The van der Waals surface area contributed by atoms with Gasteiger partial charge in [-0.25, -0.2) is 4.98 Å². The van der Waals surface area contributed by atoms with E-state index in [4.69, 9.17) is 9.15 Å². The van der Waals surface area contributed by atoms with E-state index in [1.807, 2.05) is 37.3 Å². The van der Waals surface area contributed by atoms with E-state index in [1.54, 1.807) is 7.11 Å². The van der Waals surface area contributed by atoms with Crippen LogP contribution in [-0.2, 0) is 16.0 Å². The van der Waals surface area contributed by atoms with Gasteiger partial charge in [0, 0.05) is 19.2 Å². The molecule has 0 atom stereocenters. The van der Waals surface area contributed by atoms with Gasteiger partial charge in [0.25, 0.3) is 0 Å². The van der Waals surface area contributed by atoms with Crippen molar-refractivity contribution >= 4 is 5.91 Å². The van der Waals surface area contributed by atoms with Gasteiger partial charge < -0.3 is 14.5 Å². The summed E-state index contributed by atoms with van der Waals surface area (Å²) < 4.78 is 10.5. The van der Waals surface area contributed by atoms with Crippen LogP contribution in [0.15, 0.2) is 34.7 Å². The highest BCUT2D eigenvalue weighted by molar-refractivity contribution is 5.78. The molecule has 1 aromatic carbocycles. The number of amides is 1. The molecule has 0 saturated heterocycles. The largest absolute Gasteiger partial charge is 0.441 e. The minimum Gasteiger partial charge on any atom is -0.441 e. The predicted octanol–water partition coefficient (Wildman–Crippen LogP) is 1.96. The molecule has 0 fully saturated rings. The molecule has 2 aromatic rings. The Kier molecular flexibility index (Phi) is 4.90. The molecule has 0 radical (unpaired) electrons. The van der Waals surface area contributed by atoms with Crippen LogP contribution >= 0.6 is 0 Å². The van der Waals surface area contributed by atoms with Crippen molar-refractivity contribution in [3.05, 3.63) is 41.8 Å². The van der Waals surface area contributed by atoms with Gasteiger partial charge in [0.1, 0.15) is 5.76 Å². The molecule has 0 saturated carbocycles. The van der Waals surface area contributed by atoms with E-state index in [0.717, 1.165) is 5.56 Å². The van der Waals surface area contributed by atoms with E-state index in [-0.39, 0.29) is 12.3 Å². The van der Waals surface area contributed by atoms with Crippen LogP contribution in [0.25, 0.3) is 11.5 Å². The van der Waals surface area contributed by atoms with Gasteiger partial charge in [-0.1, -0.05) is 18.2 Å². The highest BCUT2D eigenvalue weighted by atomic mass is 16.5. The number of oxazole rings is 1. The highest BCUT2D eigenvalue weighted by Crippen LogP contribution is 2.21. The van der Waals surface area contributed by atoms with Crippen molar-refractivity contribution in [1.29, 1.82) is 0 Å². The lowest BCUT2D eigenvalue weighted by molar-refractivity contribution is -0.120. The number of nitrogens with zero attached hydrogens (tertiary/aromatic N) is 1. The number of hydrogen-bond donors (Lipinski definition) is 1. The van der Waals surface area contributed by atoms with E-state index in [9.17, 15) is 4.79 Å². The molecule has 5 nitrogen and oxygen atoms in total. The first-order chi connectivity index (χ1) is 9.70. The van der Waals surface area contributed by atoms with Crippen LogP contribution in [-0.4, -0.2) is 31.2 Å². The lowest BCUT2D eigenvalue weighted by Gasteiger charge is -2.02. The normalized spacial score (nSPS) is 10.5. The Morgan fingerprint density at radius 2 is 2.10 bits per heavy atom. The van der Waals surface area contributed by atoms with Crippen molar-refractivity contribution in [2.45, 2.75) is 13.3 Å². The van der Waals surface area contributed by atoms with Crippen molar-refractivity contribution < 1.29 is 13.9 Å². The fourth-order valence-corrected chi connectivity index (χ4v) is 1.80. The molecule has 20 heavy (non-hydrogen) atoms. The zero-order valence-corrected chi connectivity index (χ0v) is 11.7. The Hall–Kier alpha value is -2.14. The van der Waals surface area contributed by atoms with Gasteiger partial charge in [0.05, 0.1) is 18.7 Å². The third-order valence-corrected chi connectivity index (χ3v) is 2.87. The van der Waals surface area contributed by atoms with E-state index >= 15 is 0 Å². The molecule has 1 N–H and O–H groups in total. The quantitative estimate of drug-likeness (QED) is 0.818. The van der Waals surface area contributed by atoms with Crippen LogP contribution in [0.5, 0.6) is 0 Å². The highest BCUT2D eigenvalue weighted by Gasteiger charge is 2.14. The SMILES string of the molecule is COCCNC(=O)Cc1nc(-c2ccccc2)oc1C. The molecule has 1 aromatic heterocycles. The van der Waals surface area contributed by atoms with Crippen molar-refractivity contribution in [2.24, 2.45) is 0 Å². The number of aromatic nitrogens is 1. The first-order valence-electron chi connectivity index (χ1n) is 6.48. The summed E-state index contributed by atoms with van der Waals surface area (Å²) in [5.74, 6) is 1.13. The minimum atomic E-state index is -0.0851. The van der Waals surface area contributed by atoms with Crippen LogP contribution in [0, 0.1) is 6.92 Å². The third kappa shape index (κ3) is 3.68. The van der Waals surface area contributed by atoms with Crippen LogP contribution < -0.4 is 5.32 Å². The van der Waals surface area contributed by atoms with Gasteiger partial charge in [-0.3, -0.25) is 4.79 Å². The van der Waals surface area contributed by atoms with Gasteiger partial charge in [0.15, 0.2) is 0 Å². The lowest BCUT2D eigenvalue weighted by Crippen LogP contribution is -2.28. The van der Waals surface area contributed by atoms with Gasteiger partial charge in [0.2, 0.25) is 11.8 Å². The molecular weight excluding hydrogens is 256 g/mol. The van der Waals surface area contributed by atoms with E-state index in [1.165, 1.54) is 0 Å². The predicted molar refractivity (Wildman–Crippen MR) is 75.3 cm³/mol. The zero-order valence-electron chi connectivity index (χ0n) is 11.7. The number of carbonyl (C=O) groups excluding carboxylic acids is 1. The number of rotatable bonds is 6. The van der Waals surface area contributed by atoms with Gasteiger partial charge in [-0.15, -0.1) is 0 Å². The smallest absolute Gasteiger partial charge is 0.226 e. The second-order valence-electron chi connectivity index (χ2n) is 4.41. The second-order valence-corrected chi connectivity index (χ2v) is 4.41. The van der Waals surface area contributed by atoms with Crippen molar-refractivity contribution in [1.82, 2.24) is 10.3 Å². The van der Waals surface area contributed by atoms with Crippen molar-refractivity contribution in [3.63, 3.8) is 0 Å². The Morgan fingerprint density at radius 1 is 1.35 bits per heavy atom. The van der Waals surface area contributed by atoms with Gasteiger partial charge in [-0.05, 0) is 19.1 Å². The lowest BCUT2D eigenvalue weighted by atomic mass is 10.2. The van der Waals surface area contributed by atoms with Crippen molar-refractivity contribution in [3.8, 4) is 11.5 Å². The molecule has 0 bridgehead atoms. The molecular formula is C15H18N2O3. The molecule has 0 aliphatic rings. The number of nitrogens with one attached hydrogen (secondary N) is 1. The summed E-state index contributed by atoms with van der Waals surface area (Å²) in [4.78, 5) is 16.1. The Labute approximate surface area is 118 Å². The maximum Gasteiger partial charge on any atom is 0.226 e. The van der Waals surface area contributed by atoms with Gasteiger partial charge in [-0.2, -0.15) is 0 Å². The number of methoxy groups -OCH3 is 1. The molecule has 0 aliphatic heterocycles. The summed E-state index contributed by atoms with van der Waals surface area (Å²) in [7, 11) is 1.60. The molecule has 106 valence electrons. The molecule has 0 unspecified atom stereocenters. The minimum absolute atomic E-state index is 0.0851. The molecule has 0 spiro atoms. The Balaban J connectivity index is 2.03. The summed E-state index contributed by atoms with van der Waals surface area (Å²) >= 11 is 0. The molecule has 1 heterocycles. The van der Waals surface area contributed by atoms with Crippen LogP contribution in [0.3, 0.4) is 0 Å².